The number of nitrogens with zero attached hydrogens (tertiary/aromatic N) is 4. The third kappa shape index (κ3) is 3.83. The number of rotatable bonds is 3. The molecule has 0 fully saturated rings. The van der Waals surface area contributed by atoms with Gasteiger partial charge in [-0.1, -0.05) is 66.7 Å². The molecule has 0 saturated carbocycles. The Balaban J connectivity index is 1.20. The number of benzene rings is 6. The van der Waals surface area contributed by atoms with Crippen LogP contribution in [0.15, 0.2) is 146 Å². The molecule has 10 rings (SSSR count). The van der Waals surface area contributed by atoms with Crippen LogP contribution in [0.4, 0.5) is 5.69 Å². The van der Waals surface area contributed by atoms with Crippen LogP contribution in [0.25, 0.3) is 91.3 Å². The van der Waals surface area contributed by atoms with Gasteiger partial charge in [-0.2, -0.15) is 0 Å². The zero-order valence-corrected chi connectivity index (χ0v) is 25.9. The number of hydrogen-bond donors (Lipinski definition) is 0. The van der Waals surface area contributed by atoms with Crippen molar-refractivity contribution in [3.63, 3.8) is 0 Å². The van der Waals surface area contributed by atoms with Crippen molar-refractivity contribution in [2.75, 3.05) is 0 Å². The van der Waals surface area contributed by atoms with Gasteiger partial charge in [0.05, 0.1) is 34.2 Å². The molecule has 6 aromatic carbocycles. The average Bonchev–Trinajstić information content (AvgIpc) is 3.78. The second-order valence-electron chi connectivity index (χ2n) is 11.9. The van der Waals surface area contributed by atoms with E-state index < -0.39 is 0 Å². The van der Waals surface area contributed by atoms with Crippen LogP contribution in [-0.4, -0.2) is 14.1 Å². The fourth-order valence-electron chi connectivity index (χ4n) is 7.31. The Kier molecular flexibility index (Phi) is 5.48. The van der Waals surface area contributed by atoms with Gasteiger partial charge in [0.25, 0.3) is 0 Å². The first-order valence-corrected chi connectivity index (χ1v) is 16.4. The maximum atomic E-state index is 8.00. The van der Waals surface area contributed by atoms with Crippen molar-refractivity contribution in [2.24, 2.45) is 0 Å². The van der Waals surface area contributed by atoms with Gasteiger partial charge in [-0.3, -0.25) is 4.98 Å². The lowest BCUT2D eigenvalue weighted by Gasteiger charge is -2.13. The fourth-order valence-corrected chi connectivity index (χ4v) is 8.44. The lowest BCUT2D eigenvalue weighted by atomic mass is 10.0. The largest absolute Gasteiger partial charge is 0.310 e. The van der Waals surface area contributed by atoms with Gasteiger partial charge in [0.15, 0.2) is 5.69 Å². The van der Waals surface area contributed by atoms with E-state index in [-0.39, 0.29) is 0 Å². The maximum absolute atomic E-state index is 8.00. The number of thiophene rings is 1. The van der Waals surface area contributed by atoms with Crippen LogP contribution in [0.2, 0.25) is 0 Å². The third-order valence-electron chi connectivity index (χ3n) is 9.33. The summed E-state index contributed by atoms with van der Waals surface area (Å²) in [7, 11) is 0. The molecule has 0 spiro atoms. The molecule has 0 aliphatic rings. The predicted molar refractivity (Wildman–Crippen MR) is 198 cm³/mol. The van der Waals surface area contributed by atoms with E-state index in [4.69, 9.17) is 11.6 Å². The number of aromatic nitrogens is 3. The zero-order chi connectivity index (χ0) is 31.1. The van der Waals surface area contributed by atoms with Crippen LogP contribution in [0.5, 0.6) is 0 Å². The second-order valence-corrected chi connectivity index (χ2v) is 13.0. The van der Waals surface area contributed by atoms with Crippen molar-refractivity contribution in [3.05, 3.63) is 157 Å². The van der Waals surface area contributed by atoms with Gasteiger partial charge >= 0.3 is 0 Å². The summed E-state index contributed by atoms with van der Waals surface area (Å²) < 4.78 is 7.17. The number of hydrogen-bond acceptors (Lipinski definition) is 2. The molecule has 47 heavy (non-hydrogen) atoms. The van der Waals surface area contributed by atoms with Gasteiger partial charge in [0.1, 0.15) is 0 Å². The third-order valence-corrected chi connectivity index (χ3v) is 10.5. The molecule has 0 bridgehead atoms. The first kappa shape index (κ1) is 26.0. The molecule has 0 N–H and O–H groups in total. The number of pyridine rings is 1. The minimum Gasteiger partial charge on any atom is -0.310 e. The van der Waals surface area contributed by atoms with Crippen LogP contribution in [0, 0.1) is 6.57 Å². The van der Waals surface area contributed by atoms with Crippen molar-refractivity contribution in [1.82, 2.24) is 14.1 Å². The predicted octanol–water partition coefficient (Wildman–Crippen LogP) is 11.9. The molecular weight excluding hydrogens is 593 g/mol. The Morgan fingerprint density at radius 2 is 1.19 bits per heavy atom. The molecule has 10 aromatic rings. The van der Waals surface area contributed by atoms with Crippen LogP contribution in [-0.2, 0) is 0 Å². The Labute approximate surface area is 273 Å². The summed E-state index contributed by atoms with van der Waals surface area (Å²) >= 11 is 1.83. The van der Waals surface area contributed by atoms with Gasteiger partial charge in [-0.25, -0.2) is 4.85 Å². The smallest absolute Gasteiger partial charge is 0.189 e. The molecule has 0 saturated heterocycles. The second kappa shape index (κ2) is 9.89. The van der Waals surface area contributed by atoms with Crippen LogP contribution in [0.1, 0.15) is 0 Å². The van der Waals surface area contributed by atoms with Gasteiger partial charge in [-0.15, -0.1) is 11.3 Å². The van der Waals surface area contributed by atoms with Crippen molar-refractivity contribution in [3.8, 4) is 22.5 Å². The molecule has 218 valence electrons. The summed E-state index contributed by atoms with van der Waals surface area (Å²) in [5.74, 6) is 0. The van der Waals surface area contributed by atoms with Crippen LogP contribution >= 0.6 is 11.3 Å². The summed E-state index contributed by atoms with van der Waals surface area (Å²) in [5, 5.41) is 6.09. The minimum absolute atomic E-state index is 0.609. The quantitative estimate of drug-likeness (QED) is 0.181. The first-order chi connectivity index (χ1) is 23.2. The molecule has 4 heterocycles. The number of fused-ring (bicyclic) bond motifs is 9. The SMILES string of the molecule is [C-]#[N+]c1cc(-c2cccc(-n3c4cc5c(cc4c4ncccc43)sc3ccccc35)c2)cc(-n2c3ccccc3c3ccccc32)c1. The van der Waals surface area contributed by atoms with E-state index in [0.29, 0.717) is 5.69 Å². The van der Waals surface area contributed by atoms with E-state index >= 15 is 0 Å². The monoisotopic (exact) mass is 616 g/mol. The highest BCUT2D eigenvalue weighted by Gasteiger charge is 2.18. The molecule has 0 amide bonds. The average molecular weight is 617 g/mol. The van der Waals surface area contributed by atoms with E-state index in [1.165, 1.54) is 30.9 Å². The summed E-state index contributed by atoms with van der Waals surface area (Å²) in [6.07, 6.45) is 1.88. The molecule has 0 aliphatic carbocycles. The summed E-state index contributed by atoms with van der Waals surface area (Å²) in [4.78, 5) is 8.77. The molecule has 0 atom stereocenters. The van der Waals surface area contributed by atoms with E-state index in [9.17, 15) is 0 Å². The Morgan fingerprint density at radius 1 is 0.489 bits per heavy atom. The van der Waals surface area contributed by atoms with Gasteiger partial charge in [0, 0.05) is 53.9 Å². The van der Waals surface area contributed by atoms with Crippen molar-refractivity contribution in [2.45, 2.75) is 0 Å². The highest BCUT2D eigenvalue weighted by molar-refractivity contribution is 7.25. The highest BCUT2D eigenvalue weighted by Crippen LogP contribution is 2.41. The lowest BCUT2D eigenvalue weighted by molar-refractivity contribution is 1.17. The standard InChI is InChI=1S/C42H24N4S/c1-43-28-20-27(22-30(23-28)46-36-15-5-2-12-31(36)32-13-3-6-16-37(32)46)26-10-8-11-29(21-26)45-38-17-9-19-44-42(38)35-25-41-34(24-39(35)45)33-14-4-7-18-40(33)47-41/h2-25H. The first-order valence-electron chi connectivity index (χ1n) is 15.6. The van der Waals surface area contributed by atoms with Gasteiger partial charge in [-0.05, 0) is 83.9 Å². The molecule has 0 radical (unpaired) electrons. The van der Waals surface area contributed by atoms with E-state index in [0.717, 1.165) is 55.5 Å². The molecular formula is C42H24N4S. The van der Waals surface area contributed by atoms with Crippen LogP contribution in [0.3, 0.4) is 0 Å². The summed E-state index contributed by atoms with van der Waals surface area (Å²) in [6, 6.07) is 49.3. The van der Waals surface area contributed by atoms with Gasteiger partial charge < -0.3 is 9.13 Å². The summed E-state index contributed by atoms with van der Waals surface area (Å²) in [6.45, 7) is 8.00. The van der Waals surface area contributed by atoms with E-state index in [1.807, 2.05) is 35.7 Å². The Hall–Kier alpha value is -6.22. The minimum atomic E-state index is 0.609. The topological polar surface area (TPSA) is 27.1 Å². The molecule has 5 heteroatoms. The molecule has 4 aromatic heterocycles. The molecule has 0 aliphatic heterocycles. The Bertz CT molecular complexity index is 2880. The fraction of sp³-hybridized carbons (Fsp3) is 0. The van der Waals surface area contributed by atoms with E-state index in [1.54, 1.807) is 0 Å². The Morgan fingerprint density at radius 3 is 2.00 bits per heavy atom. The zero-order valence-electron chi connectivity index (χ0n) is 25.1. The maximum Gasteiger partial charge on any atom is 0.189 e. The molecule has 4 nitrogen and oxygen atoms in total. The van der Waals surface area contributed by atoms with Crippen molar-refractivity contribution < 1.29 is 0 Å². The highest BCUT2D eigenvalue weighted by atomic mass is 32.1. The van der Waals surface area contributed by atoms with E-state index in [2.05, 4.69) is 135 Å². The van der Waals surface area contributed by atoms with Crippen LogP contribution < -0.4 is 0 Å². The molecule has 0 unspecified atom stereocenters. The van der Waals surface area contributed by atoms with Gasteiger partial charge in [0.2, 0.25) is 0 Å². The number of para-hydroxylation sites is 2. The normalized spacial score (nSPS) is 11.8. The van der Waals surface area contributed by atoms with Crippen molar-refractivity contribution >= 4 is 80.9 Å². The van der Waals surface area contributed by atoms with Crippen molar-refractivity contribution in [1.29, 1.82) is 0 Å². The summed E-state index contributed by atoms with van der Waals surface area (Å²) in [5.41, 5.74) is 10.1. The lowest BCUT2D eigenvalue weighted by Crippen LogP contribution is -1.96.